The molecule has 0 aliphatic carbocycles. The zero-order valence-corrected chi connectivity index (χ0v) is 10.8. The van der Waals surface area contributed by atoms with Crippen molar-refractivity contribution in [3.05, 3.63) is 12.2 Å². The minimum atomic E-state index is -0.284. The molecule has 0 saturated carbocycles. The molecule has 3 N–H and O–H groups in total. The highest BCUT2D eigenvalue weighted by Gasteiger charge is 2.00. The van der Waals surface area contributed by atoms with Crippen LogP contribution < -0.4 is 6.15 Å². The molecule has 0 atom stereocenters. The maximum atomic E-state index is 10.7. The van der Waals surface area contributed by atoms with Gasteiger partial charge in [-0.2, -0.15) is 0 Å². The molecule has 0 aromatic heterocycles. The zero-order valence-electron chi connectivity index (χ0n) is 10.8. The summed E-state index contributed by atoms with van der Waals surface area (Å²) >= 11 is 0. The summed E-state index contributed by atoms with van der Waals surface area (Å²) in [6.07, 6.45) is 1.97. The molecule has 0 rings (SSSR count). The van der Waals surface area contributed by atoms with E-state index < -0.39 is 0 Å². The van der Waals surface area contributed by atoms with E-state index in [0.717, 1.165) is 12.8 Å². The normalized spacial score (nSPS) is 8.40. The number of nitrogens with zero attached hydrogens (tertiary/aromatic N) is 1. The molecule has 0 aromatic rings. The lowest BCUT2D eigenvalue weighted by atomic mass is 10.3. The highest BCUT2D eigenvalue weighted by atomic mass is 16.5. The van der Waals surface area contributed by atoms with Crippen LogP contribution in [0.5, 0.6) is 0 Å². The van der Waals surface area contributed by atoms with Crippen molar-refractivity contribution in [2.45, 2.75) is 26.7 Å². The fourth-order valence-electron chi connectivity index (χ4n) is 0.432. The van der Waals surface area contributed by atoms with Gasteiger partial charge in [0.1, 0.15) is 0 Å². The molecule has 0 fully saturated rings. The van der Waals surface area contributed by atoms with Crippen LogP contribution in [0.4, 0.5) is 0 Å². The summed E-state index contributed by atoms with van der Waals surface area (Å²) in [5.74, 6) is -0.284. The lowest BCUT2D eigenvalue weighted by molar-refractivity contribution is -0.139. The molecule has 0 aliphatic heterocycles. The van der Waals surface area contributed by atoms with Gasteiger partial charge in [0.25, 0.3) is 0 Å². The molecule has 0 spiro atoms. The van der Waals surface area contributed by atoms with Gasteiger partial charge in [-0.3, -0.25) is 0 Å². The second kappa shape index (κ2) is 13.1. The van der Waals surface area contributed by atoms with Crippen LogP contribution in [0.1, 0.15) is 26.7 Å². The minimum absolute atomic E-state index is 0. The van der Waals surface area contributed by atoms with Gasteiger partial charge >= 0.3 is 5.97 Å². The number of carbonyl (C=O) groups is 1. The Balaban J connectivity index is -0.000000249. The Morgan fingerprint density at radius 2 is 1.73 bits per heavy atom. The zero-order chi connectivity index (χ0) is 11.6. The fraction of sp³-hybridized carbons (Fsp3) is 0.727. The van der Waals surface area contributed by atoms with E-state index in [1.165, 1.54) is 0 Å². The molecule has 15 heavy (non-hydrogen) atoms. The minimum Gasteiger partial charge on any atom is -0.462 e. The summed E-state index contributed by atoms with van der Waals surface area (Å²) in [6, 6.07) is 0. The Labute approximate surface area is 93.9 Å². The van der Waals surface area contributed by atoms with Crippen LogP contribution >= 0.6 is 0 Å². The van der Waals surface area contributed by atoms with Crippen LogP contribution in [-0.4, -0.2) is 38.6 Å². The lowest BCUT2D eigenvalue weighted by Crippen LogP contribution is -2.05. The van der Waals surface area contributed by atoms with E-state index in [1.807, 2.05) is 26.0 Å². The average Bonchev–Trinajstić information content (AvgIpc) is 2.03. The molecule has 0 aromatic carbocycles. The Morgan fingerprint density at radius 3 is 2.00 bits per heavy atom. The first-order valence-corrected chi connectivity index (χ1v) is 4.85. The van der Waals surface area contributed by atoms with E-state index in [1.54, 1.807) is 6.92 Å². The monoisotopic (exact) mass is 218 g/mol. The van der Waals surface area contributed by atoms with Crippen molar-refractivity contribution in [3.8, 4) is 0 Å². The van der Waals surface area contributed by atoms with Crippen LogP contribution in [0.15, 0.2) is 12.2 Å². The first-order valence-electron chi connectivity index (χ1n) is 4.85. The molecule has 0 aliphatic rings. The molecule has 0 saturated heterocycles. The summed E-state index contributed by atoms with van der Waals surface area (Å²) in [4.78, 5) is 12.7. The topological polar surface area (TPSA) is 64.5 Å². The van der Waals surface area contributed by atoms with E-state index in [-0.39, 0.29) is 12.1 Å². The first-order chi connectivity index (χ1) is 6.41. The molecule has 0 bridgehead atoms. The van der Waals surface area contributed by atoms with Crippen molar-refractivity contribution in [2.24, 2.45) is 0 Å². The van der Waals surface area contributed by atoms with Gasteiger partial charge in [-0.15, -0.1) is 0 Å². The third-order valence-corrected chi connectivity index (χ3v) is 1.08. The van der Waals surface area contributed by atoms with Crippen molar-refractivity contribution in [1.29, 1.82) is 0 Å². The summed E-state index contributed by atoms with van der Waals surface area (Å²) < 4.78 is 4.81. The Morgan fingerprint density at radius 1 is 1.33 bits per heavy atom. The van der Waals surface area contributed by atoms with E-state index >= 15 is 0 Å². The molecule has 4 heteroatoms. The fourth-order valence-corrected chi connectivity index (χ4v) is 0.432. The Hall–Kier alpha value is -0.870. The Kier molecular flexibility index (Phi) is 17.2. The smallest absolute Gasteiger partial charge is 0.333 e. The van der Waals surface area contributed by atoms with Crippen LogP contribution in [0, 0.1) is 0 Å². The van der Waals surface area contributed by atoms with Gasteiger partial charge in [-0.25, -0.2) is 4.79 Å². The van der Waals surface area contributed by atoms with Crippen LogP contribution in [0.25, 0.3) is 0 Å². The maximum absolute atomic E-state index is 10.7. The number of hydrogen-bond acceptors (Lipinski definition) is 4. The molecule has 0 heterocycles. The number of carbonyl (C=O) groups excluding carboxylic acids is 1. The van der Waals surface area contributed by atoms with Crippen LogP contribution in [0.3, 0.4) is 0 Å². The predicted octanol–water partition coefficient (Wildman–Crippen LogP) is 2.25. The standard InChI is InChI=1S/C8H14O2.C3H9N.H3N/c1-4-5-6-10-8(9)7(2)3;1-4(2)3;/h2,4-6H2,1,3H3;1-3H3;1H3. The number of ether oxygens (including phenoxy) is 1. The summed E-state index contributed by atoms with van der Waals surface area (Å²) in [5, 5.41) is 0. The average molecular weight is 218 g/mol. The van der Waals surface area contributed by atoms with Gasteiger partial charge < -0.3 is 15.8 Å². The molecule has 92 valence electrons. The molecule has 0 unspecified atom stereocenters. The maximum Gasteiger partial charge on any atom is 0.333 e. The molecular weight excluding hydrogens is 192 g/mol. The van der Waals surface area contributed by atoms with Crippen molar-refractivity contribution in [3.63, 3.8) is 0 Å². The highest BCUT2D eigenvalue weighted by Crippen LogP contribution is 1.94. The first kappa shape index (κ1) is 19.7. The van der Waals surface area contributed by atoms with Gasteiger partial charge in [0.15, 0.2) is 0 Å². The number of esters is 1. The second-order valence-corrected chi connectivity index (χ2v) is 3.61. The molecule has 0 amide bonds. The van der Waals surface area contributed by atoms with Gasteiger partial charge in [0, 0.05) is 5.57 Å². The van der Waals surface area contributed by atoms with Crippen molar-refractivity contribution in [1.82, 2.24) is 11.1 Å². The van der Waals surface area contributed by atoms with E-state index in [0.29, 0.717) is 12.2 Å². The third kappa shape index (κ3) is 24.6. The van der Waals surface area contributed by atoms with Crippen LogP contribution in [0.2, 0.25) is 0 Å². The lowest BCUT2D eigenvalue weighted by Gasteiger charge is -2.01. The molecule has 0 radical (unpaired) electrons. The van der Waals surface area contributed by atoms with Gasteiger partial charge in [-0.1, -0.05) is 19.9 Å². The second-order valence-electron chi connectivity index (χ2n) is 3.61. The largest absolute Gasteiger partial charge is 0.462 e. The number of hydrogen-bond donors (Lipinski definition) is 1. The van der Waals surface area contributed by atoms with Gasteiger partial charge in [-0.05, 0) is 34.5 Å². The van der Waals surface area contributed by atoms with Crippen molar-refractivity contribution >= 4 is 5.97 Å². The highest BCUT2D eigenvalue weighted by molar-refractivity contribution is 5.86. The summed E-state index contributed by atoms with van der Waals surface area (Å²) in [6.45, 7) is 7.67. The van der Waals surface area contributed by atoms with Gasteiger partial charge in [0.2, 0.25) is 0 Å². The number of rotatable bonds is 4. The van der Waals surface area contributed by atoms with Gasteiger partial charge in [0.05, 0.1) is 6.61 Å². The van der Waals surface area contributed by atoms with Crippen molar-refractivity contribution in [2.75, 3.05) is 27.7 Å². The SMILES string of the molecule is C=C(C)C(=O)OCCCC.CN(C)C.N. The quantitative estimate of drug-likeness (QED) is 0.446. The molecular formula is C11H26N2O2. The van der Waals surface area contributed by atoms with E-state index in [4.69, 9.17) is 4.74 Å². The molecule has 4 nitrogen and oxygen atoms in total. The van der Waals surface area contributed by atoms with Crippen LogP contribution in [-0.2, 0) is 9.53 Å². The third-order valence-electron chi connectivity index (χ3n) is 1.08. The van der Waals surface area contributed by atoms with Crippen molar-refractivity contribution < 1.29 is 9.53 Å². The summed E-state index contributed by atoms with van der Waals surface area (Å²) in [7, 11) is 6.00. The number of unbranched alkanes of at least 4 members (excludes halogenated alkanes) is 1. The summed E-state index contributed by atoms with van der Waals surface area (Å²) in [5.41, 5.74) is 0.469. The predicted molar refractivity (Wildman–Crippen MR) is 65.3 cm³/mol. The van der Waals surface area contributed by atoms with E-state index in [9.17, 15) is 4.79 Å². The Bertz CT molecular complexity index is 165. The van der Waals surface area contributed by atoms with E-state index in [2.05, 4.69) is 13.5 Å².